The number of nitrogens with two attached hydrogens (primary N) is 1. The van der Waals surface area contributed by atoms with Gasteiger partial charge in [0, 0.05) is 10.6 Å². The summed E-state index contributed by atoms with van der Waals surface area (Å²) in [4.78, 5) is 15.8. The molecule has 0 radical (unpaired) electrons. The van der Waals surface area contributed by atoms with Gasteiger partial charge in [0.15, 0.2) is 5.69 Å². The average Bonchev–Trinajstić information content (AvgIpc) is 2.70. The Labute approximate surface area is 189 Å². The number of benzene rings is 2. The van der Waals surface area contributed by atoms with Crippen LogP contribution in [-0.4, -0.2) is 9.55 Å². The van der Waals surface area contributed by atoms with Gasteiger partial charge in [-0.25, -0.2) is 4.98 Å². The zero-order chi connectivity index (χ0) is 25.6. The Hall–Kier alpha value is -3.22. The highest BCUT2D eigenvalue weighted by Gasteiger charge is 2.41. The van der Waals surface area contributed by atoms with Gasteiger partial charge in [-0.2, -0.15) is 39.5 Å². The summed E-state index contributed by atoms with van der Waals surface area (Å²) < 4.78 is 121. The maximum Gasteiger partial charge on any atom is 0.435 e. The van der Waals surface area contributed by atoms with Gasteiger partial charge in [0.25, 0.3) is 5.56 Å². The number of nitrogens with zero attached hydrogens (tertiary/aromatic N) is 2. The molecule has 1 heterocycles. The van der Waals surface area contributed by atoms with Gasteiger partial charge in [0.1, 0.15) is 11.5 Å². The molecule has 3 aromatic rings. The van der Waals surface area contributed by atoms with Crippen molar-refractivity contribution in [1.82, 2.24) is 9.55 Å². The van der Waals surface area contributed by atoms with E-state index in [0.29, 0.717) is 4.57 Å². The number of alkyl halides is 9. The van der Waals surface area contributed by atoms with Gasteiger partial charge in [-0.15, -0.1) is 0 Å². The van der Waals surface area contributed by atoms with Crippen molar-refractivity contribution in [2.75, 3.05) is 5.73 Å². The van der Waals surface area contributed by atoms with E-state index in [1.54, 1.807) is 0 Å². The van der Waals surface area contributed by atoms with Crippen LogP contribution in [0, 0.1) is 0 Å². The molecule has 0 saturated heterocycles. The Morgan fingerprint density at radius 1 is 0.882 bits per heavy atom. The summed E-state index contributed by atoms with van der Waals surface area (Å²) in [5.41, 5.74) is -4.47. The van der Waals surface area contributed by atoms with E-state index in [0.717, 1.165) is 0 Å². The molecule has 0 atom stereocenters. The Balaban J connectivity index is 2.46. The third-order valence-corrected chi connectivity index (χ3v) is 5.02. The number of anilines is 1. The van der Waals surface area contributed by atoms with Crippen LogP contribution in [0.4, 0.5) is 45.2 Å². The van der Waals surface area contributed by atoms with Crippen LogP contribution < -0.4 is 11.3 Å². The molecule has 1 aromatic heterocycles. The first-order chi connectivity index (χ1) is 15.5. The van der Waals surface area contributed by atoms with E-state index >= 15 is 0 Å². The molecule has 182 valence electrons. The van der Waals surface area contributed by atoms with Gasteiger partial charge in [-0.1, -0.05) is 29.8 Å². The van der Waals surface area contributed by atoms with E-state index in [4.69, 9.17) is 17.3 Å². The van der Waals surface area contributed by atoms with E-state index in [-0.39, 0.29) is 28.8 Å². The summed E-state index contributed by atoms with van der Waals surface area (Å²) in [7, 11) is 0. The van der Waals surface area contributed by atoms with Gasteiger partial charge in [-0.3, -0.25) is 9.36 Å². The van der Waals surface area contributed by atoms with E-state index in [1.807, 2.05) is 0 Å². The highest BCUT2D eigenvalue weighted by atomic mass is 35.5. The van der Waals surface area contributed by atoms with Crippen LogP contribution in [0.3, 0.4) is 0 Å². The minimum atomic E-state index is -5.39. The molecule has 0 bridgehead atoms. The van der Waals surface area contributed by atoms with Crippen molar-refractivity contribution in [3.05, 3.63) is 80.2 Å². The van der Waals surface area contributed by atoms with Crippen molar-refractivity contribution in [3.8, 4) is 11.4 Å². The predicted molar refractivity (Wildman–Crippen MR) is 104 cm³/mol. The number of hydrogen-bond acceptors (Lipinski definition) is 3. The first-order valence-corrected chi connectivity index (χ1v) is 9.39. The SMILES string of the molecule is Nc1c(C(F)(F)F)nc(-c2cc(C(F)(F)F)ccc2C(F)(F)F)n(Cc2ccccc2Cl)c1=O. The lowest BCUT2D eigenvalue weighted by atomic mass is 10.0. The number of halogens is 10. The van der Waals surface area contributed by atoms with E-state index in [1.165, 1.54) is 24.3 Å². The summed E-state index contributed by atoms with van der Waals surface area (Å²) in [6, 6.07) is 5.65. The predicted octanol–water partition coefficient (Wildman–Crippen LogP) is 6.25. The fourth-order valence-corrected chi connectivity index (χ4v) is 3.28. The first kappa shape index (κ1) is 25.4. The maximum absolute atomic E-state index is 13.6. The zero-order valence-electron chi connectivity index (χ0n) is 16.4. The molecule has 2 N–H and O–H groups in total. The van der Waals surface area contributed by atoms with Crippen LogP contribution in [0.15, 0.2) is 47.3 Å². The molecule has 0 spiro atoms. The van der Waals surface area contributed by atoms with E-state index in [2.05, 4.69) is 4.98 Å². The molecule has 0 aliphatic heterocycles. The Bertz CT molecular complexity index is 1290. The molecule has 2 aromatic carbocycles. The largest absolute Gasteiger partial charge is 0.435 e. The fraction of sp³-hybridized carbons (Fsp3) is 0.200. The number of hydrogen-bond donors (Lipinski definition) is 1. The van der Waals surface area contributed by atoms with Crippen molar-refractivity contribution < 1.29 is 39.5 Å². The van der Waals surface area contributed by atoms with Crippen molar-refractivity contribution in [2.45, 2.75) is 25.1 Å². The number of aromatic nitrogens is 2. The Morgan fingerprint density at radius 3 is 2.03 bits per heavy atom. The Kier molecular flexibility index (Phi) is 6.37. The molecule has 14 heteroatoms. The second kappa shape index (κ2) is 8.53. The molecule has 0 aliphatic rings. The molecule has 0 amide bonds. The van der Waals surface area contributed by atoms with Crippen molar-refractivity contribution in [1.29, 1.82) is 0 Å². The molecule has 34 heavy (non-hydrogen) atoms. The fourth-order valence-electron chi connectivity index (χ4n) is 3.09. The van der Waals surface area contributed by atoms with E-state index in [9.17, 15) is 44.3 Å². The number of nitrogen functional groups attached to an aromatic ring is 1. The second-order valence-electron chi connectivity index (χ2n) is 6.93. The van der Waals surface area contributed by atoms with Crippen LogP contribution in [0.25, 0.3) is 11.4 Å². The summed E-state index contributed by atoms with van der Waals surface area (Å²) in [6.45, 7) is -0.725. The maximum atomic E-state index is 13.6. The Morgan fingerprint density at radius 2 is 1.50 bits per heavy atom. The van der Waals surface area contributed by atoms with Crippen molar-refractivity contribution >= 4 is 17.3 Å². The topological polar surface area (TPSA) is 60.9 Å². The minimum Gasteiger partial charge on any atom is -0.392 e. The van der Waals surface area contributed by atoms with Crippen LogP contribution in [-0.2, 0) is 25.1 Å². The molecule has 0 aliphatic carbocycles. The molecule has 0 fully saturated rings. The molecule has 0 saturated carbocycles. The van der Waals surface area contributed by atoms with E-state index < -0.39 is 64.5 Å². The summed E-state index contributed by atoms with van der Waals surface area (Å²) in [5, 5.41) is -0.0149. The van der Waals surface area contributed by atoms with Gasteiger partial charge < -0.3 is 5.73 Å². The quantitative estimate of drug-likeness (QED) is 0.419. The standard InChI is InChI=1S/C20H11ClF9N3O/c21-13-4-2-1-3-9(13)8-33-16(32-15(20(28,29)30)14(31)17(33)34)11-7-10(18(22,23)24)5-6-12(11)19(25,26)27/h1-7H,8,31H2. The summed E-state index contributed by atoms with van der Waals surface area (Å²) in [6.07, 6.45) is -15.8. The number of rotatable bonds is 3. The monoisotopic (exact) mass is 515 g/mol. The molecule has 3 rings (SSSR count). The molecular weight excluding hydrogens is 505 g/mol. The lowest BCUT2D eigenvalue weighted by molar-refractivity contribution is -0.141. The third-order valence-electron chi connectivity index (χ3n) is 4.65. The molecule has 4 nitrogen and oxygen atoms in total. The normalized spacial score (nSPS) is 12.8. The van der Waals surface area contributed by atoms with Gasteiger partial charge in [0.2, 0.25) is 0 Å². The highest BCUT2D eigenvalue weighted by Crippen LogP contribution is 2.41. The molecular formula is C20H11ClF9N3O. The third kappa shape index (κ3) is 4.98. The van der Waals surface area contributed by atoms with Crippen LogP contribution in [0.2, 0.25) is 5.02 Å². The minimum absolute atomic E-state index is 0.0149. The zero-order valence-corrected chi connectivity index (χ0v) is 17.2. The molecule has 0 unspecified atom stereocenters. The van der Waals surface area contributed by atoms with Crippen LogP contribution >= 0.6 is 11.6 Å². The van der Waals surface area contributed by atoms with Crippen molar-refractivity contribution in [2.24, 2.45) is 0 Å². The van der Waals surface area contributed by atoms with Gasteiger partial charge >= 0.3 is 18.5 Å². The first-order valence-electron chi connectivity index (χ1n) is 9.01. The van der Waals surface area contributed by atoms with Crippen molar-refractivity contribution in [3.63, 3.8) is 0 Å². The van der Waals surface area contributed by atoms with Crippen LogP contribution in [0.5, 0.6) is 0 Å². The lowest BCUT2D eigenvalue weighted by Gasteiger charge is -2.21. The highest BCUT2D eigenvalue weighted by molar-refractivity contribution is 6.31. The van der Waals surface area contributed by atoms with Gasteiger partial charge in [-0.05, 0) is 29.8 Å². The smallest absolute Gasteiger partial charge is 0.392 e. The van der Waals surface area contributed by atoms with Crippen LogP contribution in [0.1, 0.15) is 22.4 Å². The second-order valence-corrected chi connectivity index (χ2v) is 7.34. The summed E-state index contributed by atoms with van der Waals surface area (Å²) >= 11 is 5.98. The van der Waals surface area contributed by atoms with Gasteiger partial charge in [0.05, 0.1) is 17.7 Å². The average molecular weight is 516 g/mol. The lowest BCUT2D eigenvalue weighted by Crippen LogP contribution is -2.31. The summed E-state index contributed by atoms with van der Waals surface area (Å²) in [5.74, 6) is -1.31.